The first-order valence-electron chi connectivity index (χ1n) is 4.47. The summed E-state index contributed by atoms with van der Waals surface area (Å²) >= 11 is 4.89. The van der Waals surface area contributed by atoms with Crippen molar-refractivity contribution in [2.45, 2.75) is 13.8 Å². The van der Waals surface area contributed by atoms with E-state index in [1.807, 2.05) is 13.0 Å². The van der Waals surface area contributed by atoms with Crippen LogP contribution in [0.5, 0.6) is 0 Å². The Bertz CT molecular complexity index is 583. The number of hydrogen-bond acceptors (Lipinski definition) is 3. The van der Waals surface area contributed by atoms with Crippen LogP contribution in [0.3, 0.4) is 0 Å². The predicted molar refractivity (Wildman–Crippen MR) is 60.4 cm³/mol. The number of fused-ring (bicyclic) bond motifs is 1. The maximum Gasteiger partial charge on any atom is 0.266 e. The number of oxazole rings is 1. The summed E-state index contributed by atoms with van der Waals surface area (Å²) in [6.07, 6.45) is 0. The van der Waals surface area contributed by atoms with Gasteiger partial charge in [-0.2, -0.15) is 0 Å². The van der Waals surface area contributed by atoms with Crippen LogP contribution in [0.4, 0.5) is 5.69 Å². The van der Waals surface area contributed by atoms with Crippen molar-refractivity contribution in [3.63, 3.8) is 0 Å². The van der Waals surface area contributed by atoms with Crippen LogP contribution < -0.4 is 5.32 Å². The lowest BCUT2D eigenvalue weighted by Crippen LogP contribution is -2.05. The molecule has 15 heavy (non-hydrogen) atoms. The number of H-pyrrole nitrogens is 1. The van der Waals surface area contributed by atoms with Crippen LogP contribution in [0.15, 0.2) is 16.5 Å². The molecule has 1 heterocycles. The van der Waals surface area contributed by atoms with Crippen molar-refractivity contribution in [3.8, 4) is 0 Å². The number of carbonyl (C=O) groups is 1. The predicted octanol–water partition coefficient (Wildman–Crippen LogP) is 2.76. The number of carbonyl (C=O) groups excluding carboxylic acids is 1. The van der Waals surface area contributed by atoms with Crippen LogP contribution in [-0.2, 0) is 4.79 Å². The lowest BCUT2D eigenvalue weighted by atomic mass is 10.2. The highest BCUT2D eigenvalue weighted by atomic mass is 32.1. The smallest absolute Gasteiger partial charge is 0.266 e. The van der Waals surface area contributed by atoms with E-state index in [4.69, 9.17) is 16.6 Å². The quantitative estimate of drug-likeness (QED) is 0.729. The van der Waals surface area contributed by atoms with Gasteiger partial charge in [0.05, 0.1) is 5.52 Å². The zero-order valence-corrected chi connectivity index (χ0v) is 9.20. The summed E-state index contributed by atoms with van der Waals surface area (Å²) in [5, 5.41) is 2.71. The average molecular weight is 222 g/mol. The first-order chi connectivity index (χ1) is 7.06. The molecule has 0 bridgehead atoms. The van der Waals surface area contributed by atoms with Crippen molar-refractivity contribution >= 4 is 34.9 Å². The van der Waals surface area contributed by atoms with E-state index < -0.39 is 0 Å². The number of rotatable bonds is 1. The Balaban J connectivity index is 2.61. The fourth-order valence-corrected chi connectivity index (χ4v) is 1.70. The van der Waals surface area contributed by atoms with Gasteiger partial charge in [-0.25, -0.2) is 0 Å². The zero-order chi connectivity index (χ0) is 11.0. The minimum atomic E-state index is -0.101. The van der Waals surface area contributed by atoms with Gasteiger partial charge in [0.25, 0.3) is 4.84 Å². The van der Waals surface area contributed by atoms with Gasteiger partial charge in [0.2, 0.25) is 5.91 Å². The molecule has 2 N–H and O–H groups in total. The number of anilines is 1. The Kier molecular flexibility index (Phi) is 2.32. The van der Waals surface area contributed by atoms with Gasteiger partial charge in [-0.3, -0.25) is 4.79 Å². The molecular formula is C10H10N2O2S. The SMILES string of the molecule is CC(=O)Nc1cc(C)c2oc(=S)[nH]c2c1. The second kappa shape index (κ2) is 3.51. The van der Waals surface area contributed by atoms with E-state index in [0.29, 0.717) is 4.84 Å². The first-order valence-corrected chi connectivity index (χ1v) is 4.88. The minimum Gasteiger partial charge on any atom is -0.429 e. The van der Waals surface area contributed by atoms with Crippen LogP contribution in [0, 0.1) is 11.8 Å². The highest BCUT2D eigenvalue weighted by Crippen LogP contribution is 2.22. The second-order valence-electron chi connectivity index (χ2n) is 3.37. The largest absolute Gasteiger partial charge is 0.429 e. The van der Waals surface area contributed by atoms with Crippen molar-refractivity contribution < 1.29 is 9.21 Å². The molecule has 0 radical (unpaired) electrons. The van der Waals surface area contributed by atoms with Crippen LogP contribution in [0.1, 0.15) is 12.5 Å². The molecule has 0 fully saturated rings. The molecule has 78 valence electrons. The molecule has 0 aliphatic heterocycles. The van der Waals surface area contributed by atoms with E-state index in [1.165, 1.54) is 6.92 Å². The minimum absolute atomic E-state index is 0.101. The summed E-state index contributed by atoms with van der Waals surface area (Å²) in [6, 6.07) is 3.64. The molecule has 0 aliphatic carbocycles. The number of nitrogens with one attached hydrogen (secondary N) is 2. The van der Waals surface area contributed by atoms with Crippen LogP contribution in [0.2, 0.25) is 0 Å². The van der Waals surface area contributed by atoms with E-state index >= 15 is 0 Å². The Morgan fingerprint density at radius 2 is 2.27 bits per heavy atom. The maximum atomic E-state index is 10.9. The Morgan fingerprint density at radius 3 is 2.93 bits per heavy atom. The lowest BCUT2D eigenvalue weighted by molar-refractivity contribution is -0.114. The molecular weight excluding hydrogens is 212 g/mol. The van der Waals surface area contributed by atoms with Gasteiger partial charge in [-0.05, 0) is 36.8 Å². The van der Waals surface area contributed by atoms with Crippen molar-refractivity contribution in [3.05, 3.63) is 22.5 Å². The van der Waals surface area contributed by atoms with Crippen molar-refractivity contribution in [2.75, 3.05) is 5.32 Å². The second-order valence-corrected chi connectivity index (χ2v) is 3.74. The van der Waals surface area contributed by atoms with Crippen LogP contribution in [-0.4, -0.2) is 10.9 Å². The summed E-state index contributed by atoms with van der Waals surface area (Å²) in [5.74, 6) is -0.101. The van der Waals surface area contributed by atoms with E-state index in [2.05, 4.69) is 10.3 Å². The van der Waals surface area contributed by atoms with Gasteiger partial charge in [0.1, 0.15) is 0 Å². The number of aryl methyl sites for hydroxylation is 1. The summed E-state index contributed by atoms with van der Waals surface area (Å²) in [4.78, 5) is 14.2. The topological polar surface area (TPSA) is 58.0 Å². The summed E-state index contributed by atoms with van der Waals surface area (Å²) in [6.45, 7) is 3.37. The molecule has 0 atom stereocenters. The summed E-state index contributed by atoms with van der Waals surface area (Å²) < 4.78 is 5.31. The highest BCUT2D eigenvalue weighted by molar-refractivity contribution is 7.71. The van der Waals surface area contributed by atoms with Crippen LogP contribution in [0.25, 0.3) is 11.1 Å². The molecule has 0 unspecified atom stereocenters. The summed E-state index contributed by atoms with van der Waals surface area (Å²) in [7, 11) is 0. The van der Waals surface area contributed by atoms with E-state index in [1.54, 1.807) is 6.07 Å². The molecule has 0 spiro atoms. The van der Waals surface area contributed by atoms with E-state index in [-0.39, 0.29) is 5.91 Å². The number of hydrogen-bond donors (Lipinski definition) is 2. The summed E-state index contributed by atoms with van der Waals surface area (Å²) in [5.41, 5.74) is 3.20. The molecule has 0 saturated heterocycles. The van der Waals surface area contributed by atoms with Crippen molar-refractivity contribution in [2.24, 2.45) is 0 Å². The molecule has 0 saturated carbocycles. The van der Waals surface area contributed by atoms with Crippen molar-refractivity contribution in [1.82, 2.24) is 4.98 Å². The number of aromatic nitrogens is 1. The number of aromatic amines is 1. The Hall–Kier alpha value is -1.62. The van der Waals surface area contributed by atoms with Gasteiger partial charge >= 0.3 is 0 Å². The van der Waals surface area contributed by atoms with Gasteiger partial charge < -0.3 is 14.7 Å². The highest BCUT2D eigenvalue weighted by Gasteiger charge is 2.05. The Labute approximate surface area is 91.3 Å². The number of benzene rings is 1. The fraction of sp³-hybridized carbons (Fsp3) is 0.200. The number of amides is 1. The molecule has 1 aromatic carbocycles. The molecule has 2 aromatic rings. The third kappa shape index (κ3) is 1.92. The van der Waals surface area contributed by atoms with E-state index in [0.717, 1.165) is 22.4 Å². The van der Waals surface area contributed by atoms with Crippen LogP contribution >= 0.6 is 12.2 Å². The molecule has 1 amide bonds. The lowest BCUT2D eigenvalue weighted by Gasteiger charge is -2.02. The van der Waals surface area contributed by atoms with Gasteiger partial charge in [0.15, 0.2) is 5.58 Å². The monoisotopic (exact) mass is 222 g/mol. The first kappa shape index (κ1) is 9.92. The fourth-order valence-electron chi connectivity index (χ4n) is 1.51. The molecule has 0 aliphatic rings. The third-order valence-electron chi connectivity index (χ3n) is 2.03. The third-order valence-corrected chi connectivity index (χ3v) is 2.21. The molecule has 1 aromatic heterocycles. The maximum absolute atomic E-state index is 10.9. The van der Waals surface area contributed by atoms with Gasteiger partial charge in [-0.15, -0.1) is 0 Å². The molecule has 5 heteroatoms. The van der Waals surface area contributed by atoms with Gasteiger partial charge in [-0.1, -0.05) is 0 Å². The molecule has 2 rings (SSSR count). The average Bonchev–Trinajstić information content (AvgIpc) is 2.44. The van der Waals surface area contributed by atoms with Gasteiger partial charge in [0, 0.05) is 12.6 Å². The van der Waals surface area contributed by atoms with E-state index in [9.17, 15) is 4.79 Å². The standard InChI is InChI=1S/C10H10N2O2S/c1-5-3-7(11-6(2)13)4-8-9(5)14-10(15)12-8/h3-4H,1-2H3,(H,11,13)(H,12,15). The Morgan fingerprint density at radius 1 is 1.53 bits per heavy atom. The normalized spacial score (nSPS) is 10.5. The zero-order valence-electron chi connectivity index (χ0n) is 8.38. The molecule has 4 nitrogen and oxygen atoms in total. The van der Waals surface area contributed by atoms with Crippen molar-refractivity contribution in [1.29, 1.82) is 0 Å².